The molecule has 3 N–H and O–H groups in total. The number of nitrogens with two attached hydrogens (primary N) is 1. The molecule has 1 saturated carbocycles. The zero-order valence-corrected chi connectivity index (χ0v) is 23.2. The first kappa shape index (κ1) is 28.1. The van der Waals surface area contributed by atoms with Crippen LogP contribution in [0.2, 0.25) is 5.02 Å². The molecule has 6 heteroatoms. The van der Waals surface area contributed by atoms with Crippen LogP contribution < -0.4 is 5.73 Å². The Labute approximate surface area is 227 Å². The van der Waals surface area contributed by atoms with Crippen molar-refractivity contribution < 1.29 is 14.6 Å². The summed E-state index contributed by atoms with van der Waals surface area (Å²) >= 11 is 6.82. The highest BCUT2D eigenvalue weighted by Crippen LogP contribution is 2.43. The third-order valence-electron chi connectivity index (χ3n) is 8.44. The lowest BCUT2D eigenvalue weighted by Crippen LogP contribution is -2.49. The van der Waals surface area contributed by atoms with Crippen molar-refractivity contribution in [1.29, 1.82) is 0 Å². The summed E-state index contributed by atoms with van der Waals surface area (Å²) < 4.78 is 5.29. The number of aryl methyl sites for hydroxylation is 1. The number of hydrogen-bond acceptors (Lipinski definition) is 4. The van der Waals surface area contributed by atoms with Gasteiger partial charge < -0.3 is 20.5 Å². The lowest BCUT2D eigenvalue weighted by molar-refractivity contribution is -0.141. The van der Waals surface area contributed by atoms with Gasteiger partial charge in [0, 0.05) is 49.7 Å². The van der Waals surface area contributed by atoms with E-state index in [2.05, 4.69) is 31.2 Å². The van der Waals surface area contributed by atoms with Crippen LogP contribution in [-0.2, 0) is 21.6 Å². The smallest absolute Gasteiger partial charge is 0.225 e. The van der Waals surface area contributed by atoms with Gasteiger partial charge in [0.2, 0.25) is 5.91 Å². The topological polar surface area (TPSA) is 75.8 Å². The van der Waals surface area contributed by atoms with Crippen molar-refractivity contribution in [1.82, 2.24) is 4.90 Å². The first-order chi connectivity index (χ1) is 17.8. The Morgan fingerprint density at radius 3 is 2.73 bits per heavy atom. The highest BCUT2D eigenvalue weighted by Gasteiger charge is 2.43. The maximum atomic E-state index is 13.4. The Bertz CT molecular complexity index is 1060. The number of carbonyl (C=O) groups is 1. The van der Waals surface area contributed by atoms with Crippen LogP contribution in [0.1, 0.15) is 73.6 Å². The van der Waals surface area contributed by atoms with E-state index in [1.165, 1.54) is 11.1 Å². The molecule has 0 aromatic heterocycles. The van der Waals surface area contributed by atoms with Crippen LogP contribution in [0.25, 0.3) is 0 Å². The molecule has 4 unspecified atom stereocenters. The highest BCUT2D eigenvalue weighted by atomic mass is 35.5. The molecule has 1 amide bonds. The van der Waals surface area contributed by atoms with Gasteiger partial charge in [0.15, 0.2) is 0 Å². The minimum absolute atomic E-state index is 0.0200. The number of aliphatic hydroxyl groups is 1. The maximum absolute atomic E-state index is 13.4. The SMILES string of the molecule is COCCCCC(O)(c1cccc(Cl)c1Cc1cccc(C)c1)C1CCCN(C(=O)C2CCC(N)C2)C1. The van der Waals surface area contributed by atoms with Gasteiger partial charge in [0.1, 0.15) is 0 Å². The lowest BCUT2D eigenvalue weighted by atomic mass is 9.72. The fraction of sp³-hybridized carbons (Fsp3) is 0.581. The summed E-state index contributed by atoms with van der Waals surface area (Å²) in [5.41, 5.74) is 9.30. The molecule has 1 saturated heterocycles. The van der Waals surface area contributed by atoms with E-state index in [1.54, 1.807) is 7.11 Å². The van der Waals surface area contributed by atoms with Gasteiger partial charge in [0.05, 0.1) is 5.60 Å². The number of piperidine rings is 1. The van der Waals surface area contributed by atoms with Gasteiger partial charge >= 0.3 is 0 Å². The molecule has 4 rings (SSSR count). The average Bonchev–Trinajstić information content (AvgIpc) is 3.33. The summed E-state index contributed by atoms with van der Waals surface area (Å²) in [6, 6.07) is 14.5. The monoisotopic (exact) mass is 526 g/mol. The van der Waals surface area contributed by atoms with Crippen molar-refractivity contribution >= 4 is 17.5 Å². The number of carbonyl (C=O) groups excluding carboxylic acids is 1. The van der Waals surface area contributed by atoms with E-state index < -0.39 is 5.60 Å². The van der Waals surface area contributed by atoms with E-state index in [-0.39, 0.29) is 23.8 Å². The predicted molar refractivity (Wildman–Crippen MR) is 150 cm³/mol. The number of nitrogens with zero attached hydrogens (tertiary/aromatic N) is 1. The second-order valence-electron chi connectivity index (χ2n) is 11.2. The van der Waals surface area contributed by atoms with Crippen molar-refractivity contribution in [3.8, 4) is 0 Å². The Kier molecular flexibility index (Phi) is 9.68. The number of methoxy groups -OCH3 is 1. The maximum Gasteiger partial charge on any atom is 0.225 e. The molecule has 1 aliphatic carbocycles. The summed E-state index contributed by atoms with van der Waals surface area (Å²) in [5, 5.41) is 13.3. The van der Waals surface area contributed by atoms with E-state index in [0.29, 0.717) is 31.0 Å². The van der Waals surface area contributed by atoms with Crippen molar-refractivity contribution in [2.75, 3.05) is 26.8 Å². The second-order valence-corrected chi connectivity index (χ2v) is 11.6. The van der Waals surface area contributed by atoms with Crippen LogP contribution in [-0.4, -0.2) is 48.8 Å². The van der Waals surface area contributed by atoms with Gasteiger partial charge in [-0.05, 0) is 87.5 Å². The molecule has 202 valence electrons. The average molecular weight is 527 g/mol. The number of amides is 1. The number of likely N-dealkylation sites (tertiary alicyclic amines) is 1. The fourth-order valence-electron chi connectivity index (χ4n) is 6.44. The molecule has 2 aromatic carbocycles. The van der Waals surface area contributed by atoms with Gasteiger partial charge in [-0.1, -0.05) is 53.6 Å². The van der Waals surface area contributed by atoms with Crippen molar-refractivity contribution in [2.24, 2.45) is 17.6 Å². The van der Waals surface area contributed by atoms with Crippen LogP contribution >= 0.6 is 11.6 Å². The zero-order valence-electron chi connectivity index (χ0n) is 22.4. The normalized spacial score (nSPS) is 23.7. The minimum atomic E-state index is -1.08. The molecule has 4 atom stereocenters. The van der Waals surface area contributed by atoms with Gasteiger partial charge in [-0.25, -0.2) is 0 Å². The molecule has 2 aromatic rings. The molecule has 0 bridgehead atoms. The molecule has 0 radical (unpaired) electrons. The lowest BCUT2D eigenvalue weighted by Gasteiger charge is -2.44. The van der Waals surface area contributed by atoms with E-state index in [9.17, 15) is 9.90 Å². The van der Waals surface area contributed by atoms with E-state index in [0.717, 1.165) is 62.6 Å². The van der Waals surface area contributed by atoms with Crippen LogP contribution in [0, 0.1) is 18.8 Å². The standard InChI is InChI=1S/C31H43ClN2O3/c1-22-8-5-9-23(18-22)19-27-28(11-6-12-29(27)32)31(36,15-3-4-17-37-2)25-10-7-16-34(21-25)30(35)24-13-14-26(33)20-24/h5-6,8-9,11-12,18,24-26,36H,3-4,7,10,13-17,19-21,33H2,1-2H3. The first-order valence-corrected chi connectivity index (χ1v) is 14.3. The summed E-state index contributed by atoms with van der Waals surface area (Å²) in [5.74, 6) is 0.176. The quantitative estimate of drug-likeness (QED) is 0.394. The van der Waals surface area contributed by atoms with E-state index in [1.807, 2.05) is 23.1 Å². The summed E-state index contributed by atoms with van der Waals surface area (Å²) in [6.07, 6.45) is 7.32. The highest BCUT2D eigenvalue weighted by molar-refractivity contribution is 6.31. The second kappa shape index (κ2) is 12.8. The van der Waals surface area contributed by atoms with E-state index in [4.69, 9.17) is 22.1 Å². The fourth-order valence-corrected chi connectivity index (χ4v) is 6.68. The van der Waals surface area contributed by atoms with Crippen LogP contribution in [0.5, 0.6) is 0 Å². The number of ether oxygens (including phenoxy) is 1. The summed E-state index contributed by atoms with van der Waals surface area (Å²) in [6.45, 7) is 4.08. The predicted octanol–water partition coefficient (Wildman–Crippen LogP) is 5.61. The third-order valence-corrected chi connectivity index (χ3v) is 8.79. The Hall–Kier alpha value is -1.92. The molecule has 37 heavy (non-hydrogen) atoms. The van der Waals surface area contributed by atoms with Crippen molar-refractivity contribution in [3.05, 3.63) is 69.7 Å². The van der Waals surface area contributed by atoms with Crippen molar-refractivity contribution in [2.45, 2.75) is 76.4 Å². The Morgan fingerprint density at radius 2 is 2.00 bits per heavy atom. The molecule has 2 fully saturated rings. The first-order valence-electron chi connectivity index (χ1n) is 13.9. The van der Waals surface area contributed by atoms with Gasteiger partial charge in [-0.3, -0.25) is 4.79 Å². The van der Waals surface area contributed by atoms with Crippen molar-refractivity contribution in [3.63, 3.8) is 0 Å². The molecule has 1 heterocycles. The Morgan fingerprint density at radius 1 is 1.19 bits per heavy atom. The summed E-state index contributed by atoms with van der Waals surface area (Å²) in [7, 11) is 1.71. The van der Waals surface area contributed by atoms with Gasteiger partial charge in [-0.2, -0.15) is 0 Å². The number of unbranched alkanes of at least 4 members (excludes halogenated alkanes) is 1. The molecular weight excluding hydrogens is 484 g/mol. The molecule has 0 spiro atoms. The van der Waals surface area contributed by atoms with Gasteiger partial charge in [-0.15, -0.1) is 0 Å². The molecule has 2 aliphatic rings. The number of rotatable bonds is 10. The third kappa shape index (κ3) is 6.75. The molecular formula is C31H43ClN2O3. The van der Waals surface area contributed by atoms with Crippen LogP contribution in [0.15, 0.2) is 42.5 Å². The number of halogens is 1. The molecule has 5 nitrogen and oxygen atoms in total. The van der Waals surface area contributed by atoms with Gasteiger partial charge in [0.25, 0.3) is 0 Å². The molecule has 1 aliphatic heterocycles. The van der Waals surface area contributed by atoms with E-state index >= 15 is 0 Å². The summed E-state index contributed by atoms with van der Waals surface area (Å²) in [4.78, 5) is 15.4. The Balaban J connectivity index is 1.65. The van der Waals surface area contributed by atoms with Crippen LogP contribution in [0.4, 0.5) is 0 Å². The minimum Gasteiger partial charge on any atom is -0.385 e. The van der Waals surface area contributed by atoms with Crippen LogP contribution in [0.3, 0.4) is 0 Å². The zero-order chi connectivity index (χ0) is 26.4. The number of hydrogen-bond donors (Lipinski definition) is 2. The number of benzene rings is 2. The largest absolute Gasteiger partial charge is 0.385 e.